The molecule has 2 N–H and O–H groups in total. The number of hydrogen-bond donors (Lipinski definition) is 2. The SMILES string of the molecule is O=C(O)C1(c2ccc(O)cc2)CC1. The lowest BCUT2D eigenvalue weighted by Crippen LogP contribution is -2.19. The molecule has 3 heteroatoms. The number of benzene rings is 1. The van der Waals surface area contributed by atoms with Crippen molar-refractivity contribution in [1.29, 1.82) is 0 Å². The summed E-state index contributed by atoms with van der Waals surface area (Å²) in [5.74, 6) is -0.594. The lowest BCUT2D eigenvalue weighted by atomic mass is 9.96. The van der Waals surface area contributed by atoms with Crippen LogP contribution in [0.3, 0.4) is 0 Å². The Kier molecular flexibility index (Phi) is 1.55. The van der Waals surface area contributed by atoms with Gasteiger partial charge in [-0.15, -0.1) is 0 Å². The molecule has 1 aliphatic rings. The molecule has 13 heavy (non-hydrogen) atoms. The molecule has 0 spiro atoms. The quantitative estimate of drug-likeness (QED) is 0.721. The van der Waals surface area contributed by atoms with E-state index in [1.165, 1.54) is 12.1 Å². The van der Waals surface area contributed by atoms with E-state index >= 15 is 0 Å². The lowest BCUT2D eigenvalue weighted by molar-refractivity contribution is -0.140. The maximum absolute atomic E-state index is 10.9. The molecule has 0 saturated heterocycles. The molecule has 2 rings (SSSR count). The van der Waals surface area contributed by atoms with Crippen molar-refractivity contribution in [2.24, 2.45) is 0 Å². The van der Waals surface area contributed by atoms with Gasteiger partial charge in [0.1, 0.15) is 5.75 Å². The van der Waals surface area contributed by atoms with Crippen LogP contribution in [0.2, 0.25) is 0 Å². The van der Waals surface area contributed by atoms with Crippen LogP contribution < -0.4 is 0 Å². The summed E-state index contributed by atoms with van der Waals surface area (Å²) in [7, 11) is 0. The van der Waals surface area contributed by atoms with Gasteiger partial charge in [-0.3, -0.25) is 4.79 Å². The number of aliphatic carboxylic acids is 1. The van der Waals surface area contributed by atoms with Crippen LogP contribution in [0, 0.1) is 0 Å². The zero-order valence-corrected chi connectivity index (χ0v) is 7.03. The van der Waals surface area contributed by atoms with Gasteiger partial charge in [0, 0.05) is 0 Å². The van der Waals surface area contributed by atoms with Gasteiger partial charge in [0.05, 0.1) is 5.41 Å². The van der Waals surface area contributed by atoms with Gasteiger partial charge >= 0.3 is 5.97 Å². The van der Waals surface area contributed by atoms with Gasteiger partial charge in [-0.1, -0.05) is 12.1 Å². The maximum Gasteiger partial charge on any atom is 0.314 e. The number of phenols is 1. The molecule has 0 atom stereocenters. The highest BCUT2D eigenvalue weighted by Gasteiger charge is 2.51. The predicted octanol–water partition coefficient (Wildman–Crippen LogP) is 1.51. The first-order valence-corrected chi connectivity index (χ1v) is 4.18. The molecule has 68 valence electrons. The number of aromatic hydroxyl groups is 1. The Morgan fingerprint density at radius 1 is 1.23 bits per heavy atom. The Hall–Kier alpha value is -1.51. The highest BCUT2D eigenvalue weighted by atomic mass is 16.4. The van der Waals surface area contributed by atoms with E-state index in [4.69, 9.17) is 10.2 Å². The molecule has 1 saturated carbocycles. The van der Waals surface area contributed by atoms with E-state index in [1.54, 1.807) is 12.1 Å². The Bertz CT molecular complexity index is 336. The zero-order valence-electron chi connectivity index (χ0n) is 7.03. The van der Waals surface area contributed by atoms with Crippen LogP contribution >= 0.6 is 0 Å². The van der Waals surface area contributed by atoms with E-state index in [1.807, 2.05) is 0 Å². The zero-order chi connectivity index (χ0) is 9.47. The molecule has 0 radical (unpaired) electrons. The van der Waals surface area contributed by atoms with Crippen LogP contribution in [0.1, 0.15) is 18.4 Å². The van der Waals surface area contributed by atoms with Gasteiger partial charge < -0.3 is 10.2 Å². The van der Waals surface area contributed by atoms with E-state index in [9.17, 15) is 4.79 Å². The molecule has 0 aromatic heterocycles. The number of carbonyl (C=O) groups is 1. The normalized spacial score (nSPS) is 18.2. The first-order chi connectivity index (χ1) is 6.15. The van der Waals surface area contributed by atoms with E-state index in [-0.39, 0.29) is 5.75 Å². The second kappa shape index (κ2) is 2.49. The molecule has 0 heterocycles. The fraction of sp³-hybridized carbons (Fsp3) is 0.300. The van der Waals surface area contributed by atoms with Crippen molar-refractivity contribution in [2.75, 3.05) is 0 Å². The van der Waals surface area contributed by atoms with Gasteiger partial charge in [0.15, 0.2) is 0 Å². The standard InChI is InChI=1S/C10H10O3/c11-8-3-1-7(2-4-8)10(5-6-10)9(12)13/h1-4,11H,5-6H2,(H,12,13). The Morgan fingerprint density at radius 2 is 1.77 bits per heavy atom. The molecular weight excluding hydrogens is 168 g/mol. The maximum atomic E-state index is 10.9. The van der Waals surface area contributed by atoms with Crippen LogP contribution in [-0.4, -0.2) is 16.2 Å². The third-order valence-corrected chi connectivity index (χ3v) is 2.58. The fourth-order valence-corrected chi connectivity index (χ4v) is 1.53. The third kappa shape index (κ3) is 1.16. The number of carboxylic acid groups (broad SMARTS) is 1. The molecule has 1 aromatic carbocycles. The van der Waals surface area contributed by atoms with E-state index in [0.717, 1.165) is 5.56 Å². The Balaban J connectivity index is 2.36. The van der Waals surface area contributed by atoms with Gasteiger partial charge in [0.25, 0.3) is 0 Å². The van der Waals surface area contributed by atoms with Crippen molar-refractivity contribution >= 4 is 5.97 Å². The highest BCUT2D eigenvalue weighted by molar-refractivity contribution is 5.84. The minimum atomic E-state index is -0.766. The molecule has 1 aromatic rings. The van der Waals surface area contributed by atoms with E-state index in [0.29, 0.717) is 12.8 Å². The average Bonchev–Trinajstić information content (AvgIpc) is 2.86. The van der Waals surface area contributed by atoms with Crippen molar-refractivity contribution in [2.45, 2.75) is 18.3 Å². The first-order valence-electron chi connectivity index (χ1n) is 4.18. The topological polar surface area (TPSA) is 57.5 Å². The molecule has 0 unspecified atom stereocenters. The molecule has 0 aliphatic heterocycles. The van der Waals surface area contributed by atoms with E-state index in [2.05, 4.69) is 0 Å². The number of rotatable bonds is 2. The second-order valence-corrected chi connectivity index (χ2v) is 3.43. The van der Waals surface area contributed by atoms with Crippen molar-refractivity contribution in [3.8, 4) is 5.75 Å². The number of carboxylic acids is 1. The first kappa shape index (κ1) is 8.10. The summed E-state index contributed by atoms with van der Waals surface area (Å²) in [4.78, 5) is 10.9. The summed E-state index contributed by atoms with van der Waals surface area (Å²) >= 11 is 0. The molecule has 1 aliphatic carbocycles. The van der Waals surface area contributed by atoms with Crippen LogP contribution in [0.5, 0.6) is 5.75 Å². The van der Waals surface area contributed by atoms with Gasteiger partial charge in [-0.2, -0.15) is 0 Å². The van der Waals surface area contributed by atoms with Crippen molar-refractivity contribution < 1.29 is 15.0 Å². The average molecular weight is 178 g/mol. The van der Waals surface area contributed by atoms with Crippen LogP contribution in [-0.2, 0) is 10.2 Å². The molecular formula is C10H10O3. The smallest absolute Gasteiger partial charge is 0.314 e. The van der Waals surface area contributed by atoms with Crippen LogP contribution in [0.25, 0.3) is 0 Å². The highest BCUT2D eigenvalue weighted by Crippen LogP contribution is 2.48. The fourth-order valence-electron chi connectivity index (χ4n) is 1.53. The summed E-state index contributed by atoms with van der Waals surface area (Å²) in [6.45, 7) is 0. The summed E-state index contributed by atoms with van der Waals surface area (Å²) in [5.41, 5.74) is 0.131. The summed E-state index contributed by atoms with van der Waals surface area (Å²) in [5, 5.41) is 18.0. The lowest BCUT2D eigenvalue weighted by Gasteiger charge is -2.09. The monoisotopic (exact) mass is 178 g/mol. The molecule has 1 fully saturated rings. The third-order valence-electron chi connectivity index (χ3n) is 2.58. The minimum Gasteiger partial charge on any atom is -0.508 e. The summed E-state index contributed by atoms with van der Waals surface area (Å²) < 4.78 is 0. The number of phenolic OH excluding ortho intramolecular Hbond substituents is 1. The van der Waals surface area contributed by atoms with Crippen LogP contribution in [0.15, 0.2) is 24.3 Å². The number of hydrogen-bond acceptors (Lipinski definition) is 2. The van der Waals surface area contributed by atoms with Gasteiger partial charge in [0.2, 0.25) is 0 Å². The largest absolute Gasteiger partial charge is 0.508 e. The Labute approximate surface area is 75.6 Å². The van der Waals surface area contributed by atoms with Gasteiger partial charge in [-0.25, -0.2) is 0 Å². The minimum absolute atomic E-state index is 0.171. The molecule has 3 nitrogen and oxygen atoms in total. The Morgan fingerprint density at radius 3 is 2.15 bits per heavy atom. The summed E-state index contributed by atoms with van der Waals surface area (Å²) in [6.07, 6.45) is 1.40. The molecule has 0 amide bonds. The van der Waals surface area contributed by atoms with Gasteiger partial charge in [-0.05, 0) is 30.5 Å². The van der Waals surface area contributed by atoms with Crippen LogP contribution in [0.4, 0.5) is 0 Å². The van der Waals surface area contributed by atoms with E-state index < -0.39 is 11.4 Å². The van der Waals surface area contributed by atoms with Crippen molar-refractivity contribution in [3.63, 3.8) is 0 Å². The summed E-state index contributed by atoms with van der Waals surface area (Å²) in [6, 6.07) is 6.41. The second-order valence-electron chi connectivity index (χ2n) is 3.43. The predicted molar refractivity (Wildman–Crippen MR) is 46.7 cm³/mol. The molecule has 0 bridgehead atoms. The van der Waals surface area contributed by atoms with Crippen molar-refractivity contribution in [3.05, 3.63) is 29.8 Å². The van der Waals surface area contributed by atoms with Crippen molar-refractivity contribution in [1.82, 2.24) is 0 Å².